The maximum absolute atomic E-state index is 12.9. The fourth-order valence-electron chi connectivity index (χ4n) is 4.29. The molecule has 2 aromatic heterocycles. The number of carbonyl (C=O) groups is 1. The van der Waals surface area contributed by atoms with Crippen molar-refractivity contribution in [1.29, 1.82) is 0 Å². The molecule has 1 saturated heterocycles. The molecule has 0 radical (unpaired) electrons. The van der Waals surface area contributed by atoms with Crippen molar-refractivity contribution in [1.82, 2.24) is 14.8 Å². The number of benzene rings is 2. The van der Waals surface area contributed by atoms with Crippen LogP contribution in [0.5, 0.6) is 0 Å². The van der Waals surface area contributed by atoms with E-state index >= 15 is 0 Å². The summed E-state index contributed by atoms with van der Waals surface area (Å²) < 4.78 is 39.0. The molecule has 2 aromatic carbocycles. The van der Waals surface area contributed by atoms with Gasteiger partial charge in [0.25, 0.3) is 5.91 Å². The average Bonchev–Trinajstić information content (AvgIpc) is 3.50. The molecule has 1 fully saturated rings. The molecular weight excluding hydrogens is 443 g/mol. The van der Waals surface area contributed by atoms with Crippen molar-refractivity contribution in [2.75, 3.05) is 23.3 Å². The molecule has 9 heteroatoms. The van der Waals surface area contributed by atoms with Gasteiger partial charge in [-0.2, -0.15) is 18.3 Å². The van der Waals surface area contributed by atoms with E-state index in [1.165, 1.54) is 25.2 Å². The van der Waals surface area contributed by atoms with Crippen LogP contribution in [0.4, 0.5) is 24.5 Å². The third-order valence-corrected chi connectivity index (χ3v) is 5.91. The molecular formula is C25H22F3N5O. The molecule has 4 aromatic rings. The Bertz CT molecular complexity index is 1320. The summed E-state index contributed by atoms with van der Waals surface area (Å²) >= 11 is 0. The number of aromatic nitrogens is 3. The highest BCUT2D eigenvalue weighted by Crippen LogP contribution is 2.31. The van der Waals surface area contributed by atoms with Crippen molar-refractivity contribution in [3.8, 4) is 11.1 Å². The second kappa shape index (κ2) is 8.81. The van der Waals surface area contributed by atoms with Crippen LogP contribution in [0.15, 0.2) is 67.1 Å². The predicted molar refractivity (Wildman–Crippen MR) is 125 cm³/mol. The fourth-order valence-corrected chi connectivity index (χ4v) is 4.29. The van der Waals surface area contributed by atoms with Crippen molar-refractivity contribution in [2.45, 2.75) is 25.6 Å². The molecule has 1 aliphatic heterocycles. The van der Waals surface area contributed by atoms with E-state index in [0.29, 0.717) is 33.3 Å². The third kappa shape index (κ3) is 4.59. The van der Waals surface area contributed by atoms with Gasteiger partial charge in [-0.15, -0.1) is 0 Å². The molecule has 3 heterocycles. The largest absolute Gasteiger partial charge is 0.408 e. The van der Waals surface area contributed by atoms with Gasteiger partial charge in [-0.1, -0.05) is 12.1 Å². The van der Waals surface area contributed by atoms with Crippen molar-refractivity contribution < 1.29 is 18.0 Å². The number of hydrogen-bond acceptors (Lipinski definition) is 4. The van der Waals surface area contributed by atoms with Gasteiger partial charge in [0.2, 0.25) is 0 Å². The van der Waals surface area contributed by atoms with Crippen molar-refractivity contribution in [3.05, 3.63) is 72.7 Å². The Kier molecular flexibility index (Phi) is 5.69. The third-order valence-electron chi connectivity index (χ3n) is 5.91. The van der Waals surface area contributed by atoms with Gasteiger partial charge in [-0.05, 0) is 54.8 Å². The number of amides is 1. The molecule has 0 unspecified atom stereocenters. The maximum Gasteiger partial charge on any atom is 0.408 e. The lowest BCUT2D eigenvalue weighted by molar-refractivity contribution is -0.142. The number of nitrogens with one attached hydrogen (secondary N) is 1. The lowest BCUT2D eigenvalue weighted by Crippen LogP contribution is -2.18. The molecule has 174 valence electrons. The van der Waals surface area contributed by atoms with Gasteiger partial charge in [0.1, 0.15) is 6.54 Å². The molecule has 0 bridgehead atoms. The Morgan fingerprint density at radius 2 is 1.79 bits per heavy atom. The average molecular weight is 465 g/mol. The highest BCUT2D eigenvalue weighted by molar-refractivity contribution is 6.10. The van der Waals surface area contributed by atoms with Crippen molar-refractivity contribution in [2.24, 2.45) is 0 Å². The lowest BCUT2D eigenvalue weighted by Gasteiger charge is -2.17. The highest BCUT2D eigenvalue weighted by Gasteiger charge is 2.28. The topological polar surface area (TPSA) is 63.1 Å². The molecule has 1 amide bonds. The number of rotatable bonds is 5. The van der Waals surface area contributed by atoms with E-state index in [0.717, 1.165) is 23.5 Å². The monoisotopic (exact) mass is 465 g/mol. The summed E-state index contributed by atoms with van der Waals surface area (Å²) in [7, 11) is 0. The fraction of sp³-hybridized carbons (Fsp3) is 0.240. The number of para-hydroxylation sites is 1. The second-order valence-corrected chi connectivity index (χ2v) is 8.30. The van der Waals surface area contributed by atoms with Crippen LogP contribution in [0.1, 0.15) is 23.2 Å². The minimum atomic E-state index is -4.35. The summed E-state index contributed by atoms with van der Waals surface area (Å²) in [5.74, 6) is -0.259. The van der Waals surface area contributed by atoms with Crippen LogP contribution in [0, 0.1) is 0 Å². The Labute approximate surface area is 194 Å². The van der Waals surface area contributed by atoms with Crippen LogP contribution in [0.3, 0.4) is 0 Å². The maximum atomic E-state index is 12.9. The molecule has 1 N–H and O–H groups in total. The van der Waals surface area contributed by atoms with Gasteiger partial charge in [-0.3, -0.25) is 14.5 Å². The van der Waals surface area contributed by atoms with E-state index in [1.54, 1.807) is 24.4 Å². The highest BCUT2D eigenvalue weighted by atomic mass is 19.4. The van der Waals surface area contributed by atoms with Gasteiger partial charge in [0.15, 0.2) is 0 Å². The first-order valence-corrected chi connectivity index (χ1v) is 11.0. The number of pyridine rings is 1. The summed E-state index contributed by atoms with van der Waals surface area (Å²) in [6, 6.07) is 14.6. The van der Waals surface area contributed by atoms with Crippen LogP contribution in [-0.2, 0) is 6.54 Å². The zero-order valence-corrected chi connectivity index (χ0v) is 18.2. The molecule has 34 heavy (non-hydrogen) atoms. The number of anilines is 2. The SMILES string of the molecule is O=C(Nc1cccc2c(-c3cnn(CC(F)(F)F)c3)ccnc12)c1ccc(N2CCCC2)cc1. The van der Waals surface area contributed by atoms with Gasteiger partial charge < -0.3 is 10.2 Å². The summed E-state index contributed by atoms with van der Waals surface area (Å²) in [6.07, 6.45) is 2.33. The van der Waals surface area contributed by atoms with E-state index in [9.17, 15) is 18.0 Å². The van der Waals surface area contributed by atoms with Crippen LogP contribution in [0.2, 0.25) is 0 Å². The Morgan fingerprint density at radius 3 is 2.53 bits per heavy atom. The molecule has 0 saturated carbocycles. The first-order chi connectivity index (χ1) is 16.4. The summed E-state index contributed by atoms with van der Waals surface area (Å²) in [5.41, 5.74) is 3.93. The van der Waals surface area contributed by atoms with E-state index < -0.39 is 12.7 Å². The summed E-state index contributed by atoms with van der Waals surface area (Å²) in [4.78, 5) is 19.6. The molecule has 1 aliphatic rings. The van der Waals surface area contributed by atoms with Gasteiger partial charge >= 0.3 is 6.18 Å². The number of fused-ring (bicyclic) bond motifs is 1. The first-order valence-electron chi connectivity index (χ1n) is 11.0. The Hall–Kier alpha value is -3.88. The second-order valence-electron chi connectivity index (χ2n) is 8.30. The smallest absolute Gasteiger partial charge is 0.372 e. The zero-order valence-electron chi connectivity index (χ0n) is 18.2. The van der Waals surface area contributed by atoms with Gasteiger partial charge in [0, 0.05) is 47.7 Å². The van der Waals surface area contributed by atoms with Crippen LogP contribution in [-0.4, -0.2) is 39.9 Å². The Balaban J connectivity index is 1.40. The van der Waals surface area contributed by atoms with Crippen LogP contribution >= 0.6 is 0 Å². The number of carbonyl (C=O) groups excluding carboxylic acids is 1. The van der Waals surface area contributed by atoms with E-state index in [2.05, 4.69) is 20.3 Å². The predicted octanol–water partition coefficient (Wildman–Crippen LogP) is 5.51. The number of alkyl halides is 3. The minimum Gasteiger partial charge on any atom is -0.372 e. The number of nitrogens with zero attached hydrogens (tertiary/aromatic N) is 4. The van der Waals surface area contributed by atoms with E-state index in [1.807, 2.05) is 30.3 Å². The van der Waals surface area contributed by atoms with Gasteiger partial charge in [-0.25, -0.2) is 0 Å². The lowest BCUT2D eigenvalue weighted by atomic mass is 10.0. The molecule has 6 nitrogen and oxygen atoms in total. The van der Waals surface area contributed by atoms with Crippen molar-refractivity contribution >= 4 is 28.2 Å². The Morgan fingerprint density at radius 1 is 1.03 bits per heavy atom. The molecule has 5 rings (SSSR count). The minimum absolute atomic E-state index is 0.259. The summed E-state index contributed by atoms with van der Waals surface area (Å²) in [6.45, 7) is 0.906. The standard InChI is InChI=1S/C25H22F3N5O/c26-25(27,28)16-33-15-18(14-30-33)20-10-11-29-23-21(20)4-3-5-22(23)31-24(34)17-6-8-19(9-7-17)32-12-1-2-13-32/h3-11,14-15H,1-2,12-13,16H2,(H,31,34). The number of halogens is 3. The van der Waals surface area contributed by atoms with Crippen molar-refractivity contribution in [3.63, 3.8) is 0 Å². The van der Waals surface area contributed by atoms with E-state index in [-0.39, 0.29) is 5.91 Å². The number of hydrogen-bond donors (Lipinski definition) is 1. The van der Waals surface area contributed by atoms with Gasteiger partial charge in [0.05, 0.1) is 17.4 Å². The molecule has 0 spiro atoms. The van der Waals surface area contributed by atoms with Crippen LogP contribution in [0.25, 0.3) is 22.0 Å². The first kappa shape index (κ1) is 21.9. The summed E-state index contributed by atoms with van der Waals surface area (Å²) in [5, 5.41) is 7.46. The zero-order chi connectivity index (χ0) is 23.7. The normalized spacial score (nSPS) is 14.0. The molecule has 0 aliphatic carbocycles. The quantitative estimate of drug-likeness (QED) is 0.422. The molecule has 0 atom stereocenters. The van der Waals surface area contributed by atoms with Crippen LogP contribution < -0.4 is 10.2 Å². The van der Waals surface area contributed by atoms with E-state index in [4.69, 9.17) is 0 Å².